The highest BCUT2D eigenvalue weighted by atomic mass is 19.1. The molecule has 1 aromatic carbocycles. The predicted molar refractivity (Wildman–Crippen MR) is 75.6 cm³/mol. The number of rotatable bonds is 9. The number of ether oxygens (including phenoxy) is 1. The Morgan fingerprint density at radius 3 is 2.86 bits per heavy atom. The average Bonchev–Trinajstić information content (AvgIpc) is 2.41. The molecule has 0 aliphatic carbocycles. The van der Waals surface area contributed by atoms with Crippen molar-refractivity contribution in [1.82, 2.24) is 5.32 Å². The topological polar surface area (TPSA) is 75.6 Å². The number of aliphatic carboxylic acids is 1. The maximum Gasteiger partial charge on any atom is 0.303 e. The number of halogens is 1. The summed E-state index contributed by atoms with van der Waals surface area (Å²) in [7, 11) is 0. The molecule has 0 aliphatic heterocycles. The second-order valence-corrected chi connectivity index (χ2v) is 4.92. The van der Waals surface area contributed by atoms with E-state index in [2.05, 4.69) is 5.32 Å². The molecule has 0 aromatic heterocycles. The lowest BCUT2D eigenvalue weighted by molar-refractivity contribution is -0.138. The molecule has 0 saturated heterocycles. The van der Waals surface area contributed by atoms with Gasteiger partial charge in [-0.2, -0.15) is 0 Å². The second-order valence-electron chi connectivity index (χ2n) is 4.92. The van der Waals surface area contributed by atoms with Crippen molar-refractivity contribution in [2.24, 2.45) is 5.92 Å². The molecule has 1 aromatic rings. The number of nitrogens with one attached hydrogen (secondary N) is 1. The van der Waals surface area contributed by atoms with Crippen LogP contribution in [0.4, 0.5) is 4.39 Å². The molecular weight excluding hydrogens is 277 g/mol. The van der Waals surface area contributed by atoms with Crippen LogP contribution in [0.15, 0.2) is 24.3 Å². The van der Waals surface area contributed by atoms with Gasteiger partial charge in [-0.15, -0.1) is 0 Å². The Bertz CT molecular complexity index is 478. The van der Waals surface area contributed by atoms with Gasteiger partial charge in [0.05, 0.1) is 6.61 Å². The van der Waals surface area contributed by atoms with Gasteiger partial charge in [0.15, 0.2) is 0 Å². The molecule has 0 fully saturated rings. The fourth-order valence-corrected chi connectivity index (χ4v) is 1.73. The molecule has 0 radical (unpaired) electrons. The number of benzene rings is 1. The largest absolute Gasteiger partial charge is 0.493 e. The third-order valence-corrected chi connectivity index (χ3v) is 2.78. The number of hydrogen-bond acceptors (Lipinski definition) is 3. The number of carbonyl (C=O) groups excluding carboxylic acids is 1. The van der Waals surface area contributed by atoms with Crippen LogP contribution in [0.2, 0.25) is 0 Å². The molecule has 116 valence electrons. The van der Waals surface area contributed by atoms with Crippen LogP contribution in [0.1, 0.15) is 26.2 Å². The molecule has 0 heterocycles. The third kappa shape index (κ3) is 7.91. The quantitative estimate of drug-likeness (QED) is 0.685. The lowest BCUT2D eigenvalue weighted by Gasteiger charge is -2.10. The van der Waals surface area contributed by atoms with Crippen LogP contribution in [0, 0.1) is 11.7 Å². The highest BCUT2D eigenvalue weighted by Crippen LogP contribution is 2.12. The van der Waals surface area contributed by atoms with E-state index in [0.717, 1.165) is 0 Å². The summed E-state index contributed by atoms with van der Waals surface area (Å²) in [5, 5.41) is 11.3. The van der Waals surface area contributed by atoms with Crippen molar-refractivity contribution in [3.63, 3.8) is 0 Å². The summed E-state index contributed by atoms with van der Waals surface area (Å²) in [6.45, 7) is 2.43. The highest BCUT2D eigenvalue weighted by Gasteiger charge is 2.09. The summed E-state index contributed by atoms with van der Waals surface area (Å²) in [4.78, 5) is 22.0. The van der Waals surface area contributed by atoms with Crippen LogP contribution in [-0.4, -0.2) is 30.1 Å². The van der Waals surface area contributed by atoms with Crippen LogP contribution in [0.5, 0.6) is 5.75 Å². The Morgan fingerprint density at radius 1 is 1.43 bits per heavy atom. The minimum Gasteiger partial charge on any atom is -0.493 e. The van der Waals surface area contributed by atoms with Crippen LogP contribution in [0.3, 0.4) is 0 Å². The van der Waals surface area contributed by atoms with Crippen molar-refractivity contribution in [1.29, 1.82) is 0 Å². The summed E-state index contributed by atoms with van der Waals surface area (Å²) >= 11 is 0. The first-order valence-corrected chi connectivity index (χ1v) is 6.84. The first kappa shape index (κ1) is 16.9. The van der Waals surface area contributed by atoms with Crippen molar-refractivity contribution in [3.05, 3.63) is 30.1 Å². The zero-order chi connectivity index (χ0) is 15.7. The zero-order valence-electron chi connectivity index (χ0n) is 12.0. The molecule has 0 saturated carbocycles. The van der Waals surface area contributed by atoms with Gasteiger partial charge in [-0.3, -0.25) is 9.59 Å². The van der Waals surface area contributed by atoms with E-state index < -0.39 is 5.97 Å². The summed E-state index contributed by atoms with van der Waals surface area (Å²) in [6.07, 6.45) is 0.827. The maximum atomic E-state index is 12.9. The Hall–Kier alpha value is -2.11. The van der Waals surface area contributed by atoms with Gasteiger partial charge < -0.3 is 15.2 Å². The zero-order valence-corrected chi connectivity index (χ0v) is 12.0. The van der Waals surface area contributed by atoms with Crippen molar-refractivity contribution in [2.75, 3.05) is 13.2 Å². The molecule has 6 heteroatoms. The fourth-order valence-electron chi connectivity index (χ4n) is 1.73. The first-order valence-electron chi connectivity index (χ1n) is 6.84. The van der Waals surface area contributed by atoms with Crippen molar-refractivity contribution < 1.29 is 23.8 Å². The van der Waals surface area contributed by atoms with E-state index in [1.807, 2.05) is 0 Å². The van der Waals surface area contributed by atoms with E-state index in [4.69, 9.17) is 9.84 Å². The van der Waals surface area contributed by atoms with E-state index >= 15 is 0 Å². The van der Waals surface area contributed by atoms with Crippen LogP contribution in [0.25, 0.3) is 0 Å². The minimum atomic E-state index is -0.875. The SMILES string of the molecule is CC(CNC(=O)CCCOc1cccc(F)c1)CC(=O)O. The number of carboxylic acids is 1. The summed E-state index contributed by atoms with van der Waals surface area (Å²) in [5.74, 6) is -1.05. The molecule has 0 bridgehead atoms. The molecule has 0 aliphatic rings. The van der Waals surface area contributed by atoms with E-state index in [-0.39, 0.29) is 30.5 Å². The van der Waals surface area contributed by atoms with Gasteiger partial charge in [0.1, 0.15) is 11.6 Å². The molecular formula is C15H20FNO4. The van der Waals surface area contributed by atoms with E-state index in [1.165, 1.54) is 12.1 Å². The van der Waals surface area contributed by atoms with Crippen molar-refractivity contribution in [3.8, 4) is 5.75 Å². The van der Waals surface area contributed by atoms with Crippen LogP contribution in [-0.2, 0) is 9.59 Å². The van der Waals surface area contributed by atoms with Crippen molar-refractivity contribution >= 4 is 11.9 Å². The molecule has 1 rings (SSSR count). The van der Waals surface area contributed by atoms with Gasteiger partial charge in [0.2, 0.25) is 5.91 Å². The summed E-state index contributed by atoms with van der Waals surface area (Å²) in [6, 6.07) is 5.82. The summed E-state index contributed by atoms with van der Waals surface area (Å²) < 4.78 is 18.2. The minimum absolute atomic E-state index is 0.0307. The second kappa shape index (κ2) is 8.94. The third-order valence-electron chi connectivity index (χ3n) is 2.78. The van der Waals surface area contributed by atoms with Crippen LogP contribution >= 0.6 is 0 Å². The van der Waals surface area contributed by atoms with Gasteiger partial charge >= 0.3 is 5.97 Å². The lowest BCUT2D eigenvalue weighted by Crippen LogP contribution is -2.29. The molecule has 1 unspecified atom stereocenters. The average molecular weight is 297 g/mol. The highest BCUT2D eigenvalue weighted by molar-refractivity contribution is 5.75. The monoisotopic (exact) mass is 297 g/mol. The number of carboxylic acid groups (broad SMARTS) is 1. The molecule has 5 nitrogen and oxygen atoms in total. The Balaban J connectivity index is 2.12. The van der Waals surface area contributed by atoms with E-state index in [0.29, 0.717) is 25.3 Å². The molecule has 1 amide bonds. The van der Waals surface area contributed by atoms with E-state index in [9.17, 15) is 14.0 Å². The molecule has 2 N–H and O–H groups in total. The molecule has 0 spiro atoms. The smallest absolute Gasteiger partial charge is 0.303 e. The van der Waals surface area contributed by atoms with Crippen LogP contribution < -0.4 is 10.1 Å². The Kier molecular flexibility index (Phi) is 7.21. The Morgan fingerprint density at radius 2 is 2.19 bits per heavy atom. The number of hydrogen-bond donors (Lipinski definition) is 2. The first-order chi connectivity index (χ1) is 9.97. The summed E-state index contributed by atoms with van der Waals surface area (Å²) in [5.41, 5.74) is 0. The number of carbonyl (C=O) groups is 2. The predicted octanol–water partition coefficient (Wildman–Crippen LogP) is 2.21. The van der Waals surface area contributed by atoms with Crippen molar-refractivity contribution in [2.45, 2.75) is 26.2 Å². The Labute approximate surface area is 123 Å². The molecule has 21 heavy (non-hydrogen) atoms. The maximum absolute atomic E-state index is 12.9. The van der Waals surface area contributed by atoms with Gasteiger partial charge in [-0.1, -0.05) is 13.0 Å². The standard InChI is InChI=1S/C15H20FNO4/c1-11(8-15(19)20)10-17-14(18)6-3-7-21-13-5-2-4-12(16)9-13/h2,4-5,9,11H,3,6-8,10H2,1H3,(H,17,18)(H,19,20). The van der Waals surface area contributed by atoms with Gasteiger partial charge in [-0.05, 0) is 24.5 Å². The lowest BCUT2D eigenvalue weighted by atomic mass is 10.1. The van der Waals surface area contributed by atoms with Gasteiger partial charge in [-0.25, -0.2) is 4.39 Å². The fraction of sp³-hybridized carbons (Fsp3) is 0.467. The molecule has 1 atom stereocenters. The van der Waals surface area contributed by atoms with E-state index in [1.54, 1.807) is 19.1 Å². The van der Waals surface area contributed by atoms with Gasteiger partial charge in [0, 0.05) is 25.5 Å². The normalized spacial score (nSPS) is 11.7. The number of amides is 1. The van der Waals surface area contributed by atoms with Gasteiger partial charge in [0.25, 0.3) is 0 Å².